The Kier molecular flexibility index (Phi) is 2.91. The maximum Gasteiger partial charge on any atom is 0.340 e. The standard InChI is InChI=1S/C12H12N2O3/c1-8-13-10-5-3-4-9(12(16)17-2)11(10)14(8)6-7-15/h3-5,7H,6H2,1-2H3. The van der Waals surface area contributed by atoms with E-state index in [0.717, 1.165) is 6.29 Å². The number of benzene rings is 1. The van der Waals surface area contributed by atoms with E-state index >= 15 is 0 Å². The van der Waals surface area contributed by atoms with Crippen LogP contribution in [0, 0.1) is 6.92 Å². The van der Waals surface area contributed by atoms with E-state index in [0.29, 0.717) is 22.4 Å². The van der Waals surface area contributed by atoms with Crippen LogP contribution in [0.4, 0.5) is 0 Å². The van der Waals surface area contributed by atoms with Crippen molar-refractivity contribution in [2.24, 2.45) is 0 Å². The molecule has 0 unspecified atom stereocenters. The molecular weight excluding hydrogens is 220 g/mol. The predicted octanol–water partition coefficient (Wildman–Crippen LogP) is 1.33. The van der Waals surface area contributed by atoms with Crippen molar-refractivity contribution >= 4 is 23.3 Å². The van der Waals surface area contributed by atoms with Crippen molar-refractivity contribution in [3.8, 4) is 0 Å². The number of hydrogen-bond donors (Lipinski definition) is 0. The van der Waals surface area contributed by atoms with Crippen LogP contribution in [0.5, 0.6) is 0 Å². The highest BCUT2D eigenvalue weighted by atomic mass is 16.5. The molecule has 1 aromatic carbocycles. The summed E-state index contributed by atoms with van der Waals surface area (Å²) in [4.78, 5) is 26.6. The van der Waals surface area contributed by atoms with E-state index in [9.17, 15) is 9.59 Å². The molecule has 0 spiro atoms. The van der Waals surface area contributed by atoms with Gasteiger partial charge in [0.2, 0.25) is 0 Å². The molecule has 88 valence electrons. The molecule has 17 heavy (non-hydrogen) atoms. The molecule has 0 saturated heterocycles. The molecule has 1 aromatic heterocycles. The van der Waals surface area contributed by atoms with Crippen molar-refractivity contribution in [2.45, 2.75) is 13.5 Å². The molecule has 0 aliphatic rings. The first-order valence-corrected chi connectivity index (χ1v) is 5.17. The first-order chi connectivity index (χ1) is 8.19. The summed E-state index contributed by atoms with van der Waals surface area (Å²) in [6.07, 6.45) is 0.780. The molecule has 0 N–H and O–H groups in total. The lowest BCUT2D eigenvalue weighted by Crippen LogP contribution is -2.07. The maximum atomic E-state index is 11.6. The number of hydrogen-bond acceptors (Lipinski definition) is 4. The third-order valence-corrected chi connectivity index (χ3v) is 2.62. The number of nitrogens with zero attached hydrogens (tertiary/aromatic N) is 2. The number of esters is 1. The lowest BCUT2D eigenvalue weighted by molar-refractivity contribution is -0.108. The Balaban J connectivity index is 2.76. The number of ether oxygens (including phenoxy) is 1. The summed E-state index contributed by atoms with van der Waals surface area (Å²) in [5.41, 5.74) is 1.75. The molecule has 5 nitrogen and oxygen atoms in total. The van der Waals surface area contributed by atoms with Gasteiger partial charge in [-0.05, 0) is 19.1 Å². The molecule has 2 aromatic rings. The Morgan fingerprint density at radius 2 is 2.29 bits per heavy atom. The Labute approximate surface area is 98.0 Å². The van der Waals surface area contributed by atoms with Gasteiger partial charge in [0.15, 0.2) is 0 Å². The SMILES string of the molecule is COC(=O)c1cccc2nc(C)n(CC=O)c12. The van der Waals surface area contributed by atoms with Crippen LogP contribution in [-0.4, -0.2) is 28.9 Å². The quantitative estimate of drug-likeness (QED) is 0.591. The minimum absolute atomic E-state index is 0.177. The van der Waals surface area contributed by atoms with Crippen molar-refractivity contribution in [1.29, 1.82) is 0 Å². The molecule has 5 heteroatoms. The largest absolute Gasteiger partial charge is 0.465 e. The Hall–Kier alpha value is -2.17. The predicted molar refractivity (Wildman–Crippen MR) is 61.9 cm³/mol. The summed E-state index contributed by atoms with van der Waals surface area (Å²) in [6, 6.07) is 5.21. The number of carbonyl (C=O) groups excluding carboxylic acids is 2. The number of imidazole rings is 1. The molecule has 0 fully saturated rings. The number of fused-ring (bicyclic) bond motifs is 1. The van der Waals surface area contributed by atoms with Gasteiger partial charge in [0.25, 0.3) is 0 Å². The summed E-state index contributed by atoms with van der Waals surface area (Å²) in [7, 11) is 1.33. The minimum Gasteiger partial charge on any atom is -0.465 e. The third kappa shape index (κ3) is 1.80. The van der Waals surface area contributed by atoms with Gasteiger partial charge in [-0.2, -0.15) is 0 Å². The molecule has 0 aliphatic heterocycles. The average Bonchev–Trinajstić information content (AvgIpc) is 2.65. The van der Waals surface area contributed by atoms with Crippen LogP contribution in [0.3, 0.4) is 0 Å². The van der Waals surface area contributed by atoms with E-state index in [4.69, 9.17) is 4.74 Å². The lowest BCUT2D eigenvalue weighted by Gasteiger charge is -2.05. The number of aryl methyl sites for hydroxylation is 1. The molecule has 0 atom stereocenters. The summed E-state index contributed by atoms with van der Waals surface area (Å²) in [5, 5.41) is 0. The zero-order chi connectivity index (χ0) is 12.4. The van der Waals surface area contributed by atoms with Gasteiger partial charge in [0.05, 0.1) is 30.3 Å². The van der Waals surface area contributed by atoms with E-state index in [-0.39, 0.29) is 6.54 Å². The number of para-hydroxylation sites is 1. The Morgan fingerprint density at radius 1 is 1.53 bits per heavy atom. The second-order valence-electron chi connectivity index (χ2n) is 3.60. The van der Waals surface area contributed by atoms with Gasteiger partial charge < -0.3 is 14.1 Å². The number of rotatable bonds is 3. The van der Waals surface area contributed by atoms with Gasteiger partial charge in [-0.15, -0.1) is 0 Å². The van der Waals surface area contributed by atoms with Gasteiger partial charge in [0.1, 0.15) is 12.1 Å². The van der Waals surface area contributed by atoms with E-state index in [2.05, 4.69) is 4.98 Å². The monoisotopic (exact) mass is 232 g/mol. The summed E-state index contributed by atoms with van der Waals surface area (Å²) in [6.45, 7) is 1.97. The normalized spacial score (nSPS) is 10.5. The third-order valence-electron chi connectivity index (χ3n) is 2.62. The average molecular weight is 232 g/mol. The van der Waals surface area contributed by atoms with E-state index < -0.39 is 5.97 Å². The smallest absolute Gasteiger partial charge is 0.340 e. The van der Waals surface area contributed by atoms with Crippen LogP contribution in [0.15, 0.2) is 18.2 Å². The molecule has 0 saturated carbocycles. The highest BCUT2D eigenvalue weighted by molar-refractivity contribution is 6.02. The second-order valence-corrected chi connectivity index (χ2v) is 3.60. The summed E-state index contributed by atoms with van der Waals surface area (Å²) >= 11 is 0. The molecule has 0 amide bonds. The number of methoxy groups -OCH3 is 1. The van der Waals surface area contributed by atoms with Gasteiger partial charge in [-0.3, -0.25) is 0 Å². The van der Waals surface area contributed by atoms with E-state index in [1.807, 2.05) is 0 Å². The molecular formula is C12H12N2O3. The van der Waals surface area contributed by atoms with Crippen molar-refractivity contribution in [2.75, 3.05) is 7.11 Å². The highest BCUT2D eigenvalue weighted by Gasteiger charge is 2.16. The van der Waals surface area contributed by atoms with Crippen molar-refractivity contribution in [3.05, 3.63) is 29.6 Å². The minimum atomic E-state index is -0.428. The lowest BCUT2D eigenvalue weighted by atomic mass is 10.2. The highest BCUT2D eigenvalue weighted by Crippen LogP contribution is 2.20. The molecule has 0 aliphatic carbocycles. The zero-order valence-corrected chi connectivity index (χ0v) is 9.64. The second kappa shape index (κ2) is 4.37. The molecule has 0 bridgehead atoms. The van der Waals surface area contributed by atoms with Crippen LogP contribution < -0.4 is 0 Å². The molecule has 0 radical (unpaired) electrons. The maximum absolute atomic E-state index is 11.6. The fourth-order valence-electron chi connectivity index (χ4n) is 1.87. The fraction of sp³-hybridized carbons (Fsp3) is 0.250. The van der Waals surface area contributed by atoms with Gasteiger partial charge >= 0.3 is 5.97 Å². The molecule has 2 rings (SSSR count). The fourth-order valence-corrected chi connectivity index (χ4v) is 1.87. The van der Waals surface area contributed by atoms with Crippen LogP contribution in [0.2, 0.25) is 0 Å². The number of aldehydes is 1. The van der Waals surface area contributed by atoms with Crippen LogP contribution in [-0.2, 0) is 16.1 Å². The Morgan fingerprint density at radius 3 is 2.94 bits per heavy atom. The topological polar surface area (TPSA) is 61.2 Å². The first kappa shape index (κ1) is 11.3. The van der Waals surface area contributed by atoms with Crippen molar-refractivity contribution in [3.63, 3.8) is 0 Å². The first-order valence-electron chi connectivity index (χ1n) is 5.17. The van der Waals surface area contributed by atoms with Crippen LogP contribution >= 0.6 is 0 Å². The number of carbonyl (C=O) groups is 2. The van der Waals surface area contributed by atoms with Crippen LogP contribution in [0.25, 0.3) is 11.0 Å². The van der Waals surface area contributed by atoms with E-state index in [1.54, 1.807) is 29.7 Å². The Bertz CT molecular complexity index is 587. The van der Waals surface area contributed by atoms with Gasteiger partial charge in [-0.1, -0.05) is 6.07 Å². The van der Waals surface area contributed by atoms with Gasteiger partial charge in [0, 0.05) is 0 Å². The summed E-state index contributed by atoms with van der Waals surface area (Å²) in [5.74, 6) is 0.270. The van der Waals surface area contributed by atoms with Crippen LogP contribution in [0.1, 0.15) is 16.2 Å². The van der Waals surface area contributed by atoms with Crippen molar-refractivity contribution < 1.29 is 14.3 Å². The summed E-state index contributed by atoms with van der Waals surface area (Å²) < 4.78 is 6.42. The zero-order valence-electron chi connectivity index (χ0n) is 9.64. The number of aromatic nitrogens is 2. The van der Waals surface area contributed by atoms with Gasteiger partial charge in [-0.25, -0.2) is 9.78 Å². The molecule has 1 heterocycles. The van der Waals surface area contributed by atoms with E-state index in [1.165, 1.54) is 7.11 Å². The van der Waals surface area contributed by atoms with Crippen molar-refractivity contribution in [1.82, 2.24) is 9.55 Å².